The maximum atomic E-state index is 9.97. The highest BCUT2D eigenvalue weighted by atomic mass is 35.5. The van der Waals surface area contributed by atoms with Crippen LogP contribution in [-0.2, 0) is 0 Å². The van der Waals surface area contributed by atoms with E-state index in [1.807, 2.05) is 0 Å². The maximum absolute atomic E-state index is 9.97. The number of hydrogen-bond donors (Lipinski definition) is 3. The summed E-state index contributed by atoms with van der Waals surface area (Å²) in [5.41, 5.74) is 0.455. The van der Waals surface area contributed by atoms with E-state index >= 15 is 0 Å². The Morgan fingerprint density at radius 2 is 2.12 bits per heavy atom. The fourth-order valence-corrected chi connectivity index (χ4v) is 2.25. The van der Waals surface area contributed by atoms with Crippen molar-refractivity contribution in [3.63, 3.8) is 0 Å². The van der Waals surface area contributed by atoms with Crippen molar-refractivity contribution in [2.45, 2.75) is 18.1 Å². The molecule has 0 amide bonds. The van der Waals surface area contributed by atoms with Crippen molar-refractivity contribution < 1.29 is 14.9 Å². The van der Waals surface area contributed by atoms with Gasteiger partial charge in [-0.3, -0.25) is 0 Å². The Morgan fingerprint density at radius 3 is 2.75 bits per heavy atom. The first-order valence-electron chi connectivity index (χ1n) is 5.09. The third-order valence-corrected chi connectivity index (χ3v) is 3.14. The number of fused-ring (bicyclic) bond motifs is 1. The highest BCUT2D eigenvalue weighted by Gasteiger charge is 2.45. The molecule has 5 heteroatoms. The molecule has 0 aliphatic carbocycles. The Labute approximate surface area is 99.6 Å². The van der Waals surface area contributed by atoms with Crippen molar-refractivity contribution in [1.82, 2.24) is 5.32 Å². The molecule has 0 radical (unpaired) electrons. The summed E-state index contributed by atoms with van der Waals surface area (Å²) in [6.07, 6.45) is 0.0548. The third-order valence-electron chi connectivity index (χ3n) is 3.14. The average molecular weight is 244 g/mol. The zero-order chi connectivity index (χ0) is 10.5. The summed E-state index contributed by atoms with van der Waals surface area (Å²) >= 11 is 0. The molecule has 3 N–H and O–H groups in total. The van der Waals surface area contributed by atoms with Gasteiger partial charge in [0.15, 0.2) is 0 Å². The molecule has 0 bridgehead atoms. The predicted molar refractivity (Wildman–Crippen MR) is 61.2 cm³/mol. The van der Waals surface area contributed by atoms with Gasteiger partial charge in [-0.2, -0.15) is 0 Å². The van der Waals surface area contributed by atoms with Gasteiger partial charge >= 0.3 is 0 Å². The largest absolute Gasteiger partial charge is 0.508 e. The molecule has 88 valence electrons. The van der Waals surface area contributed by atoms with Gasteiger partial charge in [-0.15, -0.1) is 12.4 Å². The lowest BCUT2D eigenvalue weighted by molar-refractivity contribution is -0.0483. The van der Waals surface area contributed by atoms with Crippen LogP contribution in [0.4, 0.5) is 0 Å². The van der Waals surface area contributed by atoms with E-state index < -0.39 is 6.10 Å². The standard InChI is InChI=1S/C11H13NO3.ClH/c13-7-1-2-10-8(3-7)9(14)4-11(15-10)5-12-6-11;/h1-3,9,12-14H,4-6H2;1H. The van der Waals surface area contributed by atoms with Crippen LogP contribution >= 0.6 is 12.4 Å². The van der Waals surface area contributed by atoms with Crippen LogP contribution in [0, 0.1) is 0 Å². The molecule has 4 nitrogen and oxygen atoms in total. The van der Waals surface area contributed by atoms with E-state index in [1.165, 1.54) is 0 Å². The zero-order valence-electron chi connectivity index (χ0n) is 8.64. The molecule has 1 fully saturated rings. The van der Waals surface area contributed by atoms with Crippen LogP contribution in [0.15, 0.2) is 18.2 Å². The number of benzene rings is 1. The smallest absolute Gasteiger partial charge is 0.136 e. The van der Waals surface area contributed by atoms with E-state index in [2.05, 4.69) is 5.32 Å². The Morgan fingerprint density at radius 1 is 1.38 bits per heavy atom. The highest BCUT2D eigenvalue weighted by Crippen LogP contribution is 2.42. The van der Waals surface area contributed by atoms with E-state index in [9.17, 15) is 10.2 Å². The van der Waals surface area contributed by atoms with Gasteiger partial charge in [0.25, 0.3) is 0 Å². The quantitative estimate of drug-likeness (QED) is 0.636. The molecule has 2 heterocycles. The van der Waals surface area contributed by atoms with Gasteiger partial charge in [0.05, 0.1) is 6.10 Å². The molecule has 1 spiro atoms. The molecule has 16 heavy (non-hydrogen) atoms. The number of aromatic hydroxyl groups is 1. The minimum atomic E-state index is -0.539. The van der Waals surface area contributed by atoms with Crippen LogP contribution in [0.2, 0.25) is 0 Å². The van der Waals surface area contributed by atoms with Crippen molar-refractivity contribution in [3.8, 4) is 11.5 Å². The summed E-state index contributed by atoms with van der Waals surface area (Å²) < 4.78 is 5.85. The summed E-state index contributed by atoms with van der Waals surface area (Å²) in [5.74, 6) is 0.854. The highest BCUT2D eigenvalue weighted by molar-refractivity contribution is 5.85. The SMILES string of the molecule is Cl.Oc1ccc2c(c1)C(O)CC1(CNC1)O2. The summed E-state index contributed by atoms with van der Waals surface area (Å²) in [6.45, 7) is 1.56. The van der Waals surface area contributed by atoms with Gasteiger partial charge in [0.2, 0.25) is 0 Å². The van der Waals surface area contributed by atoms with Crippen LogP contribution in [0.1, 0.15) is 18.1 Å². The summed E-state index contributed by atoms with van der Waals surface area (Å²) in [6, 6.07) is 4.86. The monoisotopic (exact) mass is 243 g/mol. The lowest BCUT2D eigenvalue weighted by atomic mass is 9.84. The molecule has 1 atom stereocenters. The number of phenolic OH excluding ortho intramolecular Hbond substituents is 1. The molecule has 3 rings (SSSR count). The van der Waals surface area contributed by atoms with E-state index in [4.69, 9.17) is 4.74 Å². The van der Waals surface area contributed by atoms with Gasteiger partial charge in [-0.1, -0.05) is 0 Å². The topological polar surface area (TPSA) is 61.7 Å². The molecule has 1 unspecified atom stereocenters. The minimum Gasteiger partial charge on any atom is -0.508 e. The fourth-order valence-electron chi connectivity index (χ4n) is 2.25. The Hall–Kier alpha value is -0.970. The van der Waals surface area contributed by atoms with E-state index in [0.29, 0.717) is 17.7 Å². The zero-order valence-corrected chi connectivity index (χ0v) is 9.46. The van der Waals surface area contributed by atoms with Crippen molar-refractivity contribution in [2.75, 3.05) is 13.1 Å². The van der Waals surface area contributed by atoms with Crippen LogP contribution in [0.25, 0.3) is 0 Å². The maximum Gasteiger partial charge on any atom is 0.136 e. The molecule has 0 saturated carbocycles. The van der Waals surface area contributed by atoms with Gasteiger partial charge in [0.1, 0.15) is 17.1 Å². The first-order chi connectivity index (χ1) is 7.19. The number of nitrogens with one attached hydrogen (secondary N) is 1. The van der Waals surface area contributed by atoms with Crippen LogP contribution in [-0.4, -0.2) is 28.9 Å². The normalized spacial score (nSPS) is 24.9. The van der Waals surface area contributed by atoms with E-state index in [1.54, 1.807) is 18.2 Å². The van der Waals surface area contributed by atoms with Gasteiger partial charge < -0.3 is 20.3 Å². The molecule has 2 aliphatic rings. The van der Waals surface area contributed by atoms with Gasteiger partial charge in [-0.05, 0) is 18.2 Å². The lowest BCUT2D eigenvalue weighted by Crippen LogP contribution is -2.64. The number of aliphatic hydroxyl groups excluding tert-OH is 1. The molecule has 1 aromatic rings. The lowest BCUT2D eigenvalue weighted by Gasteiger charge is -2.47. The van der Waals surface area contributed by atoms with Crippen molar-refractivity contribution in [3.05, 3.63) is 23.8 Å². The number of hydrogen-bond acceptors (Lipinski definition) is 4. The number of phenols is 1. The first-order valence-corrected chi connectivity index (χ1v) is 5.09. The Bertz CT molecular complexity index is 406. The van der Waals surface area contributed by atoms with Crippen LogP contribution in [0.5, 0.6) is 11.5 Å². The Balaban J connectivity index is 0.000000963. The molecule has 0 aromatic heterocycles. The number of ether oxygens (including phenoxy) is 1. The summed E-state index contributed by atoms with van der Waals surface area (Å²) in [7, 11) is 0. The predicted octanol–water partition coefficient (Wildman–Crippen LogP) is 0.972. The number of rotatable bonds is 0. The fraction of sp³-hybridized carbons (Fsp3) is 0.455. The van der Waals surface area contributed by atoms with Crippen LogP contribution < -0.4 is 10.1 Å². The summed E-state index contributed by atoms with van der Waals surface area (Å²) in [5, 5.41) is 22.4. The van der Waals surface area contributed by atoms with Crippen molar-refractivity contribution >= 4 is 12.4 Å². The second kappa shape index (κ2) is 3.80. The average Bonchev–Trinajstić information content (AvgIpc) is 2.16. The molecule has 2 aliphatic heterocycles. The molecular formula is C11H14ClNO3. The molecule has 1 aromatic carbocycles. The van der Waals surface area contributed by atoms with Crippen molar-refractivity contribution in [2.24, 2.45) is 0 Å². The third kappa shape index (κ3) is 1.63. The molecular weight excluding hydrogens is 230 g/mol. The summed E-state index contributed by atoms with van der Waals surface area (Å²) in [4.78, 5) is 0. The number of aliphatic hydroxyl groups is 1. The number of halogens is 1. The van der Waals surface area contributed by atoms with Gasteiger partial charge in [0, 0.05) is 25.1 Å². The van der Waals surface area contributed by atoms with Gasteiger partial charge in [-0.25, -0.2) is 0 Å². The second-order valence-electron chi connectivity index (χ2n) is 4.33. The molecule has 1 saturated heterocycles. The first kappa shape index (κ1) is 11.5. The van der Waals surface area contributed by atoms with E-state index in [0.717, 1.165) is 13.1 Å². The van der Waals surface area contributed by atoms with E-state index in [-0.39, 0.29) is 23.8 Å². The second-order valence-corrected chi connectivity index (χ2v) is 4.33. The Kier molecular flexibility index (Phi) is 2.74. The minimum absolute atomic E-state index is 0. The van der Waals surface area contributed by atoms with Crippen LogP contribution in [0.3, 0.4) is 0 Å². The van der Waals surface area contributed by atoms with Crippen molar-refractivity contribution in [1.29, 1.82) is 0 Å².